The van der Waals surface area contributed by atoms with Gasteiger partial charge >= 0.3 is 5.97 Å². The highest BCUT2D eigenvalue weighted by molar-refractivity contribution is 9.10. The monoisotopic (exact) mass is 253 g/mol. The molecule has 0 bridgehead atoms. The van der Waals surface area contributed by atoms with E-state index in [9.17, 15) is 4.79 Å². The smallest absolute Gasteiger partial charge is 0.307 e. The van der Waals surface area contributed by atoms with Gasteiger partial charge in [-0.3, -0.25) is 4.79 Å². The topological polar surface area (TPSA) is 53.1 Å². The zero-order valence-corrected chi connectivity index (χ0v) is 8.84. The first-order valence-electron chi connectivity index (χ1n) is 4.14. The highest BCUT2D eigenvalue weighted by Crippen LogP contribution is 2.24. The number of hydrogen-bond donors (Lipinski definition) is 2. The average molecular weight is 254 g/mol. The van der Waals surface area contributed by atoms with Crippen LogP contribution < -0.4 is 0 Å². The van der Waals surface area contributed by atoms with Crippen molar-refractivity contribution in [3.63, 3.8) is 0 Å². The Hall–Kier alpha value is -1.29. The van der Waals surface area contributed by atoms with E-state index in [0.29, 0.717) is 0 Å². The van der Waals surface area contributed by atoms with Crippen LogP contribution in [0.1, 0.15) is 5.56 Å². The highest BCUT2D eigenvalue weighted by Gasteiger charge is 2.04. The molecule has 1 aromatic carbocycles. The van der Waals surface area contributed by atoms with Crippen molar-refractivity contribution in [2.45, 2.75) is 6.42 Å². The zero-order chi connectivity index (χ0) is 10.1. The number of carbonyl (C=O) groups is 1. The molecule has 0 atom stereocenters. The summed E-state index contributed by atoms with van der Waals surface area (Å²) in [5.41, 5.74) is 1.82. The molecule has 0 amide bonds. The lowest BCUT2D eigenvalue weighted by Gasteiger charge is -1.97. The SMILES string of the molecule is O=C(O)Cc1ccc2[nH]cc(Br)c2c1. The van der Waals surface area contributed by atoms with Crippen LogP contribution >= 0.6 is 15.9 Å². The lowest BCUT2D eigenvalue weighted by molar-refractivity contribution is -0.136. The first-order chi connectivity index (χ1) is 6.66. The summed E-state index contributed by atoms with van der Waals surface area (Å²) in [6, 6.07) is 5.59. The fourth-order valence-corrected chi connectivity index (χ4v) is 1.86. The number of benzene rings is 1. The molecule has 0 saturated heterocycles. The average Bonchev–Trinajstić information content (AvgIpc) is 2.47. The summed E-state index contributed by atoms with van der Waals surface area (Å²) >= 11 is 3.39. The molecule has 0 saturated carbocycles. The molecular weight excluding hydrogens is 246 g/mol. The van der Waals surface area contributed by atoms with Gasteiger partial charge in [0.05, 0.1) is 6.42 Å². The Balaban J connectivity index is 2.49. The molecule has 2 rings (SSSR count). The summed E-state index contributed by atoms with van der Waals surface area (Å²) in [6.45, 7) is 0. The van der Waals surface area contributed by atoms with Gasteiger partial charge in [0.25, 0.3) is 0 Å². The fraction of sp³-hybridized carbons (Fsp3) is 0.100. The van der Waals surface area contributed by atoms with Crippen molar-refractivity contribution < 1.29 is 9.90 Å². The molecule has 14 heavy (non-hydrogen) atoms. The second kappa shape index (κ2) is 3.46. The minimum absolute atomic E-state index is 0.0631. The second-order valence-corrected chi connectivity index (χ2v) is 3.94. The summed E-state index contributed by atoms with van der Waals surface area (Å²) in [4.78, 5) is 13.6. The van der Waals surface area contributed by atoms with Crippen molar-refractivity contribution >= 4 is 32.8 Å². The molecule has 1 aromatic heterocycles. The number of halogens is 1. The van der Waals surface area contributed by atoms with E-state index in [4.69, 9.17) is 5.11 Å². The van der Waals surface area contributed by atoms with Gasteiger partial charge in [0.15, 0.2) is 0 Å². The number of carboxylic acid groups (broad SMARTS) is 1. The van der Waals surface area contributed by atoms with Crippen molar-refractivity contribution in [2.24, 2.45) is 0 Å². The van der Waals surface area contributed by atoms with Crippen LogP contribution in [0.4, 0.5) is 0 Å². The van der Waals surface area contributed by atoms with E-state index in [1.165, 1.54) is 0 Å². The molecule has 72 valence electrons. The zero-order valence-electron chi connectivity index (χ0n) is 7.25. The molecule has 0 radical (unpaired) electrons. The van der Waals surface area contributed by atoms with Gasteiger partial charge in [-0.1, -0.05) is 6.07 Å². The van der Waals surface area contributed by atoms with E-state index in [0.717, 1.165) is 20.9 Å². The minimum atomic E-state index is -0.809. The van der Waals surface area contributed by atoms with E-state index < -0.39 is 5.97 Å². The molecule has 0 aliphatic rings. The van der Waals surface area contributed by atoms with Gasteiger partial charge in [0.2, 0.25) is 0 Å². The van der Waals surface area contributed by atoms with Gasteiger partial charge in [-0.15, -0.1) is 0 Å². The lowest BCUT2D eigenvalue weighted by atomic mass is 10.1. The molecule has 0 aliphatic carbocycles. The Bertz CT molecular complexity index is 490. The number of nitrogens with one attached hydrogen (secondary N) is 1. The third-order valence-corrected chi connectivity index (χ3v) is 2.71. The molecule has 1 heterocycles. The number of aromatic nitrogens is 1. The van der Waals surface area contributed by atoms with Crippen molar-refractivity contribution in [3.8, 4) is 0 Å². The third-order valence-electron chi connectivity index (χ3n) is 2.05. The largest absolute Gasteiger partial charge is 0.481 e. The number of aliphatic carboxylic acids is 1. The second-order valence-electron chi connectivity index (χ2n) is 3.09. The van der Waals surface area contributed by atoms with Crippen LogP contribution in [-0.4, -0.2) is 16.1 Å². The quantitative estimate of drug-likeness (QED) is 0.865. The minimum Gasteiger partial charge on any atom is -0.481 e. The summed E-state index contributed by atoms with van der Waals surface area (Å²) in [7, 11) is 0. The normalized spacial score (nSPS) is 10.6. The first kappa shape index (κ1) is 9.27. The van der Waals surface area contributed by atoms with Crippen LogP contribution in [0.2, 0.25) is 0 Å². The molecule has 0 unspecified atom stereocenters. The molecule has 0 fully saturated rings. The van der Waals surface area contributed by atoms with E-state index in [1.807, 2.05) is 24.4 Å². The Labute approximate surface area is 88.9 Å². The lowest BCUT2D eigenvalue weighted by Crippen LogP contribution is -1.99. The van der Waals surface area contributed by atoms with E-state index in [1.54, 1.807) is 0 Å². The molecule has 2 aromatic rings. The highest BCUT2D eigenvalue weighted by atomic mass is 79.9. The fourth-order valence-electron chi connectivity index (χ4n) is 1.42. The molecule has 4 heteroatoms. The van der Waals surface area contributed by atoms with E-state index >= 15 is 0 Å². The molecule has 2 N–H and O–H groups in total. The van der Waals surface area contributed by atoms with Crippen molar-refractivity contribution in [1.82, 2.24) is 4.98 Å². The van der Waals surface area contributed by atoms with Gasteiger partial charge in [-0.05, 0) is 33.6 Å². The maximum Gasteiger partial charge on any atom is 0.307 e. The Morgan fingerprint density at radius 1 is 1.50 bits per heavy atom. The molecule has 0 aliphatic heterocycles. The van der Waals surface area contributed by atoms with Crippen LogP contribution in [0.25, 0.3) is 10.9 Å². The molecule has 3 nitrogen and oxygen atoms in total. The van der Waals surface area contributed by atoms with Gasteiger partial charge in [0, 0.05) is 21.6 Å². The Morgan fingerprint density at radius 2 is 2.29 bits per heavy atom. The maximum absolute atomic E-state index is 10.5. The van der Waals surface area contributed by atoms with Crippen LogP contribution in [0.3, 0.4) is 0 Å². The summed E-state index contributed by atoms with van der Waals surface area (Å²) in [5, 5.41) is 9.66. The van der Waals surface area contributed by atoms with E-state index in [2.05, 4.69) is 20.9 Å². The summed E-state index contributed by atoms with van der Waals surface area (Å²) in [5.74, 6) is -0.809. The number of H-pyrrole nitrogens is 1. The number of aromatic amines is 1. The molecular formula is C10H8BrNO2. The van der Waals surface area contributed by atoms with Gasteiger partial charge in [0.1, 0.15) is 0 Å². The Kier molecular flexibility index (Phi) is 2.29. The standard InChI is InChI=1S/C10H8BrNO2/c11-8-5-12-9-2-1-6(3-7(8)9)4-10(13)14/h1-3,5,12H,4H2,(H,13,14). The molecule has 0 spiro atoms. The van der Waals surface area contributed by atoms with Crippen molar-refractivity contribution in [2.75, 3.05) is 0 Å². The number of carboxylic acids is 1. The van der Waals surface area contributed by atoms with Gasteiger partial charge in [-0.2, -0.15) is 0 Å². The number of rotatable bonds is 2. The van der Waals surface area contributed by atoms with Crippen LogP contribution in [0.5, 0.6) is 0 Å². The summed E-state index contributed by atoms with van der Waals surface area (Å²) in [6.07, 6.45) is 1.91. The van der Waals surface area contributed by atoms with Gasteiger partial charge in [-0.25, -0.2) is 0 Å². The van der Waals surface area contributed by atoms with Crippen molar-refractivity contribution in [3.05, 3.63) is 34.4 Å². The van der Waals surface area contributed by atoms with Crippen LogP contribution in [0, 0.1) is 0 Å². The van der Waals surface area contributed by atoms with Crippen molar-refractivity contribution in [1.29, 1.82) is 0 Å². The maximum atomic E-state index is 10.5. The Morgan fingerprint density at radius 3 is 3.00 bits per heavy atom. The predicted molar refractivity (Wildman–Crippen MR) is 57.3 cm³/mol. The first-order valence-corrected chi connectivity index (χ1v) is 4.93. The van der Waals surface area contributed by atoms with Crippen LogP contribution in [-0.2, 0) is 11.2 Å². The van der Waals surface area contributed by atoms with E-state index in [-0.39, 0.29) is 6.42 Å². The summed E-state index contributed by atoms with van der Waals surface area (Å²) < 4.78 is 0.958. The van der Waals surface area contributed by atoms with Gasteiger partial charge < -0.3 is 10.1 Å². The predicted octanol–water partition coefficient (Wildman–Crippen LogP) is 2.56. The number of fused-ring (bicyclic) bond motifs is 1. The van der Waals surface area contributed by atoms with Crippen LogP contribution in [0.15, 0.2) is 28.9 Å². The number of hydrogen-bond acceptors (Lipinski definition) is 1. The third kappa shape index (κ3) is 1.65.